The molecule has 0 spiro atoms. The molecule has 11 nitrogen and oxygen atoms in total. The molecule has 0 radical (unpaired) electrons. The van der Waals surface area contributed by atoms with Crippen LogP contribution in [-0.2, 0) is 11.5 Å². The number of carbonyl (C=O) groups is 1. The Kier molecular flexibility index (Phi) is 8.36. The average molecular weight is 558 g/mol. The first-order chi connectivity index (χ1) is 18.2. The molecule has 39 heavy (non-hydrogen) atoms. The fraction of sp³-hybridized carbons (Fsp3) is 0.667. The van der Waals surface area contributed by atoms with Gasteiger partial charge in [-0.15, -0.1) is 0 Å². The lowest BCUT2D eigenvalue weighted by Gasteiger charge is -2.44. The van der Waals surface area contributed by atoms with Crippen LogP contribution < -0.4 is 4.74 Å². The van der Waals surface area contributed by atoms with E-state index in [1.165, 1.54) is 4.90 Å². The highest BCUT2D eigenvalue weighted by Gasteiger charge is 2.39. The van der Waals surface area contributed by atoms with Crippen molar-refractivity contribution in [3.05, 3.63) is 18.7 Å². The molecule has 1 fully saturated rings. The molecule has 2 unspecified atom stereocenters. The van der Waals surface area contributed by atoms with Crippen LogP contribution in [0, 0.1) is 5.41 Å². The van der Waals surface area contributed by atoms with E-state index >= 15 is 0 Å². The molecule has 4 heterocycles. The Morgan fingerprint density at radius 2 is 1.97 bits per heavy atom. The summed E-state index contributed by atoms with van der Waals surface area (Å²) in [5.41, 5.74) is 1.89. The van der Waals surface area contributed by atoms with Gasteiger partial charge in [0, 0.05) is 52.3 Å². The highest BCUT2D eigenvalue weighted by molar-refractivity contribution is 6.76. The summed E-state index contributed by atoms with van der Waals surface area (Å²) < 4.78 is 16.1. The van der Waals surface area contributed by atoms with Crippen molar-refractivity contribution < 1.29 is 19.4 Å². The first kappa shape index (κ1) is 29.0. The molecule has 1 aliphatic rings. The molecule has 3 aromatic heterocycles. The van der Waals surface area contributed by atoms with E-state index in [1.807, 2.05) is 15.4 Å². The molecule has 0 aromatic carbocycles. The van der Waals surface area contributed by atoms with E-state index in [1.54, 1.807) is 12.5 Å². The summed E-state index contributed by atoms with van der Waals surface area (Å²) >= 11 is 0. The number of piperidine rings is 1. The fourth-order valence-electron chi connectivity index (χ4n) is 4.80. The summed E-state index contributed by atoms with van der Waals surface area (Å²) in [6.45, 7) is 18.8. The Morgan fingerprint density at radius 3 is 2.59 bits per heavy atom. The molecule has 2 atom stereocenters. The van der Waals surface area contributed by atoms with E-state index in [0.717, 1.165) is 11.6 Å². The fourth-order valence-corrected chi connectivity index (χ4v) is 5.56. The molecule has 0 saturated carbocycles. The number of carboxylic acid groups (broad SMARTS) is 1. The smallest absolute Gasteiger partial charge is 0.407 e. The van der Waals surface area contributed by atoms with Crippen molar-refractivity contribution in [1.82, 2.24) is 34.2 Å². The van der Waals surface area contributed by atoms with Gasteiger partial charge in [0.25, 0.3) is 0 Å². The van der Waals surface area contributed by atoms with Crippen molar-refractivity contribution in [2.45, 2.75) is 98.1 Å². The number of fused-ring (bicyclic) bond motifs is 1. The topological polar surface area (TPSA) is 120 Å². The second kappa shape index (κ2) is 11.2. The van der Waals surface area contributed by atoms with Gasteiger partial charge in [-0.25, -0.2) is 24.4 Å². The van der Waals surface area contributed by atoms with Crippen molar-refractivity contribution in [3.63, 3.8) is 0 Å². The minimum Gasteiger partial charge on any atom is -0.473 e. The first-order valence-corrected chi connectivity index (χ1v) is 17.4. The Balaban J connectivity index is 1.61. The minimum absolute atomic E-state index is 0.153. The van der Waals surface area contributed by atoms with Crippen LogP contribution in [0.5, 0.6) is 5.88 Å². The molecule has 12 heteroatoms. The Bertz CT molecular complexity index is 1290. The molecule has 0 bridgehead atoms. The van der Waals surface area contributed by atoms with Crippen LogP contribution in [0.1, 0.15) is 53.5 Å². The molecule has 3 aromatic rings. The van der Waals surface area contributed by atoms with Crippen molar-refractivity contribution in [1.29, 1.82) is 0 Å². The quantitative estimate of drug-likeness (QED) is 0.270. The van der Waals surface area contributed by atoms with Gasteiger partial charge in [0.15, 0.2) is 11.5 Å². The highest BCUT2D eigenvalue weighted by Crippen LogP contribution is 2.34. The van der Waals surface area contributed by atoms with Gasteiger partial charge in [-0.2, -0.15) is 5.10 Å². The van der Waals surface area contributed by atoms with Gasteiger partial charge in [-0.3, -0.25) is 0 Å². The standard InChI is InChI=1S/C27H43N7O4Si/c1-18(2)34-16-29-24(31-34)20-15-32(17-37-11-12-39(6,7)8)25-23(20)30-22(14-28-25)38-19-9-10-33(26(35)36)21(13-19)27(3,4)5/h14-16,18-19,21H,9-13,17H2,1-8H3,(H,35,36). The van der Waals surface area contributed by atoms with Crippen molar-refractivity contribution >= 4 is 25.3 Å². The zero-order chi connectivity index (χ0) is 28.5. The predicted octanol–water partition coefficient (Wildman–Crippen LogP) is 5.52. The van der Waals surface area contributed by atoms with Crippen LogP contribution in [0.4, 0.5) is 4.79 Å². The van der Waals surface area contributed by atoms with Crippen LogP contribution in [0.25, 0.3) is 22.6 Å². The van der Waals surface area contributed by atoms with Crippen LogP contribution in [0.15, 0.2) is 18.7 Å². The number of rotatable bonds is 9. The zero-order valence-corrected chi connectivity index (χ0v) is 25.5. The summed E-state index contributed by atoms with van der Waals surface area (Å²) in [4.78, 5) is 27.5. The van der Waals surface area contributed by atoms with E-state index < -0.39 is 14.2 Å². The lowest BCUT2D eigenvalue weighted by molar-refractivity contribution is 0.0116. The molecular weight excluding hydrogens is 514 g/mol. The summed E-state index contributed by atoms with van der Waals surface area (Å²) in [6, 6.07) is 1.11. The average Bonchev–Trinajstić information content (AvgIpc) is 3.46. The Morgan fingerprint density at radius 1 is 1.23 bits per heavy atom. The van der Waals surface area contributed by atoms with Crippen LogP contribution >= 0.6 is 0 Å². The summed E-state index contributed by atoms with van der Waals surface area (Å²) in [6.07, 6.45) is 5.45. The lowest BCUT2D eigenvalue weighted by atomic mass is 9.80. The van der Waals surface area contributed by atoms with E-state index in [-0.39, 0.29) is 23.6 Å². The van der Waals surface area contributed by atoms with E-state index in [9.17, 15) is 9.90 Å². The van der Waals surface area contributed by atoms with Gasteiger partial charge in [0.05, 0.1) is 11.8 Å². The van der Waals surface area contributed by atoms with Crippen molar-refractivity contribution in [3.8, 4) is 17.3 Å². The zero-order valence-electron chi connectivity index (χ0n) is 24.5. The molecule has 214 valence electrons. The third kappa shape index (κ3) is 6.96. The highest BCUT2D eigenvalue weighted by atomic mass is 28.3. The molecule has 4 rings (SSSR count). The second-order valence-corrected chi connectivity index (χ2v) is 18.6. The number of likely N-dealkylation sites (tertiary alicyclic amines) is 1. The van der Waals surface area contributed by atoms with Gasteiger partial charge < -0.3 is 24.0 Å². The molecule has 1 amide bonds. The number of hydrogen-bond donors (Lipinski definition) is 1. The maximum absolute atomic E-state index is 11.8. The maximum Gasteiger partial charge on any atom is 0.407 e. The van der Waals surface area contributed by atoms with Crippen LogP contribution in [-0.4, -0.2) is 78.8 Å². The van der Waals surface area contributed by atoms with E-state index in [2.05, 4.69) is 64.3 Å². The third-order valence-electron chi connectivity index (χ3n) is 7.14. The van der Waals surface area contributed by atoms with Crippen molar-refractivity contribution in [2.75, 3.05) is 13.2 Å². The number of aromatic nitrogens is 6. The number of hydrogen-bond acceptors (Lipinski definition) is 7. The molecule has 1 N–H and O–H groups in total. The van der Waals surface area contributed by atoms with Gasteiger partial charge in [-0.05, 0) is 25.3 Å². The number of nitrogens with zero attached hydrogens (tertiary/aromatic N) is 7. The lowest BCUT2D eigenvalue weighted by Crippen LogP contribution is -2.53. The van der Waals surface area contributed by atoms with Crippen LogP contribution in [0.3, 0.4) is 0 Å². The molecular formula is C27H43N7O4Si. The normalized spacial score (nSPS) is 18.7. The van der Waals surface area contributed by atoms with Gasteiger partial charge >= 0.3 is 6.09 Å². The Hall–Kier alpha value is -2.99. The molecule has 1 saturated heterocycles. The van der Waals surface area contributed by atoms with Gasteiger partial charge in [-0.1, -0.05) is 40.4 Å². The third-order valence-corrected chi connectivity index (χ3v) is 8.84. The number of ether oxygens (including phenoxy) is 2. The largest absolute Gasteiger partial charge is 0.473 e. The molecule has 1 aliphatic heterocycles. The van der Waals surface area contributed by atoms with E-state index in [0.29, 0.717) is 55.6 Å². The monoisotopic (exact) mass is 557 g/mol. The maximum atomic E-state index is 11.8. The Labute approximate surface area is 231 Å². The van der Waals surface area contributed by atoms with Gasteiger partial charge in [0.1, 0.15) is 24.7 Å². The second-order valence-electron chi connectivity index (χ2n) is 13.0. The minimum atomic E-state index is -1.20. The van der Waals surface area contributed by atoms with E-state index in [4.69, 9.17) is 19.4 Å². The van der Waals surface area contributed by atoms with Gasteiger partial charge in [0.2, 0.25) is 5.88 Å². The predicted molar refractivity (Wildman–Crippen MR) is 153 cm³/mol. The summed E-state index contributed by atoms with van der Waals surface area (Å²) in [5.74, 6) is 0.981. The number of amides is 1. The summed E-state index contributed by atoms with van der Waals surface area (Å²) in [5, 5.41) is 14.4. The van der Waals surface area contributed by atoms with Crippen LogP contribution in [0.2, 0.25) is 25.7 Å². The SMILES string of the molecule is CC(C)n1cnc(-c2cn(COCC[Si](C)(C)C)c3ncc(OC4CCN(C(=O)O)C(C(C)(C)C)C4)nc23)n1. The molecule has 0 aliphatic carbocycles. The summed E-state index contributed by atoms with van der Waals surface area (Å²) in [7, 11) is -1.20. The first-order valence-electron chi connectivity index (χ1n) is 13.7. The van der Waals surface area contributed by atoms with Crippen molar-refractivity contribution in [2.24, 2.45) is 5.41 Å².